The van der Waals surface area contributed by atoms with E-state index in [1.54, 1.807) is 16.1 Å². The third-order valence-electron chi connectivity index (χ3n) is 3.29. The largest absolute Gasteiger partial charge is 0.465 e. The highest BCUT2D eigenvalue weighted by atomic mass is 32.1. The van der Waals surface area contributed by atoms with E-state index in [9.17, 15) is 9.59 Å². The summed E-state index contributed by atoms with van der Waals surface area (Å²) in [7, 11) is 5.05. The number of nitrogens with one attached hydrogen (secondary N) is 1. The van der Waals surface area contributed by atoms with Crippen molar-refractivity contribution in [3.05, 3.63) is 34.5 Å². The zero-order valence-corrected chi connectivity index (χ0v) is 14.4. The van der Waals surface area contributed by atoms with Gasteiger partial charge >= 0.3 is 5.97 Å². The molecule has 0 radical (unpaired) electrons. The summed E-state index contributed by atoms with van der Waals surface area (Å²) in [6.45, 7) is 2.78. The second-order valence-electron chi connectivity index (χ2n) is 5.29. The van der Waals surface area contributed by atoms with Crippen molar-refractivity contribution in [1.82, 2.24) is 14.7 Å². The van der Waals surface area contributed by atoms with E-state index in [2.05, 4.69) is 15.2 Å². The molecule has 8 heteroatoms. The lowest BCUT2D eigenvalue weighted by Gasteiger charge is -2.15. The number of aromatic nitrogens is 2. The van der Waals surface area contributed by atoms with Crippen LogP contribution in [0.3, 0.4) is 0 Å². The fourth-order valence-corrected chi connectivity index (χ4v) is 3.03. The van der Waals surface area contributed by atoms with E-state index in [0.717, 1.165) is 11.3 Å². The molecule has 1 amide bonds. The lowest BCUT2D eigenvalue weighted by Crippen LogP contribution is -2.30. The van der Waals surface area contributed by atoms with Crippen molar-refractivity contribution >= 4 is 28.2 Å². The maximum absolute atomic E-state index is 12.1. The molecular weight excluding hydrogens is 316 g/mol. The van der Waals surface area contributed by atoms with Crippen LogP contribution in [0.5, 0.6) is 0 Å². The summed E-state index contributed by atoms with van der Waals surface area (Å²) >= 11 is 1.29. The number of hydrogen-bond donors (Lipinski definition) is 1. The van der Waals surface area contributed by atoms with Gasteiger partial charge in [0, 0.05) is 25.4 Å². The summed E-state index contributed by atoms with van der Waals surface area (Å²) < 4.78 is 6.45. The third kappa shape index (κ3) is 4.40. The van der Waals surface area contributed by atoms with Crippen molar-refractivity contribution < 1.29 is 14.3 Å². The number of likely N-dealkylation sites (N-methyl/N-ethyl adjacent to an activating group) is 1. The first-order valence-electron chi connectivity index (χ1n) is 7.04. The molecular formula is C15H20N4O3S. The predicted octanol–water partition coefficient (Wildman–Crippen LogP) is 1.65. The Hall–Kier alpha value is -2.19. The molecule has 0 atom stereocenters. The average molecular weight is 336 g/mol. The van der Waals surface area contributed by atoms with Crippen LogP contribution >= 0.6 is 11.3 Å². The van der Waals surface area contributed by atoms with Crippen LogP contribution in [0, 0.1) is 6.92 Å². The summed E-state index contributed by atoms with van der Waals surface area (Å²) in [5.74, 6) is -0.637. The van der Waals surface area contributed by atoms with Gasteiger partial charge in [0.05, 0.1) is 24.9 Å². The van der Waals surface area contributed by atoms with Crippen LogP contribution in [-0.4, -0.2) is 47.3 Å². The number of hydrogen-bond acceptors (Lipinski definition) is 6. The molecule has 0 unspecified atom stereocenters. The second-order valence-corrected chi connectivity index (χ2v) is 6.20. The van der Waals surface area contributed by atoms with E-state index < -0.39 is 5.97 Å². The Morgan fingerprint density at radius 2 is 2.22 bits per heavy atom. The number of nitrogens with zero attached hydrogens (tertiary/aromatic N) is 3. The number of aryl methyl sites for hydroxylation is 2. The molecule has 0 aromatic carbocycles. The number of anilines is 1. The van der Waals surface area contributed by atoms with Crippen molar-refractivity contribution in [2.75, 3.05) is 26.0 Å². The van der Waals surface area contributed by atoms with Crippen LogP contribution in [0.4, 0.5) is 5.00 Å². The second kappa shape index (κ2) is 7.38. The number of methoxy groups -OCH3 is 1. The molecule has 0 saturated heterocycles. The predicted molar refractivity (Wildman–Crippen MR) is 88.6 cm³/mol. The molecule has 0 fully saturated rings. The van der Waals surface area contributed by atoms with Gasteiger partial charge in [0.25, 0.3) is 0 Å². The number of ether oxygens (including phenoxy) is 1. The van der Waals surface area contributed by atoms with Gasteiger partial charge in [0.1, 0.15) is 5.00 Å². The monoisotopic (exact) mass is 336 g/mol. The Morgan fingerprint density at radius 1 is 1.48 bits per heavy atom. The van der Waals surface area contributed by atoms with Crippen molar-refractivity contribution in [2.45, 2.75) is 13.5 Å². The van der Waals surface area contributed by atoms with Gasteiger partial charge in [-0.3, -0.25) is 14.4 Å². The molecule has 7 nitrogen and oxygen atoms in total. The van der Waals surface area contributed by atoms with Crippen molar-refractivity contribution in [1.29, 1.82) is 0 Å². The van der Waals surface area contributed by atoms with Crippen LogP contribution in [0.1, 0.15) is 21.6 Å². The van der Waals surface area contributed by atoms with E-state index in [1.165, 1.54) is 18.4 Å². The zero-order valence-electron chi connectivity index (χ0n) is 13.6. The van der Waals surface area contributed by atoms with E-state index in [-0.39, 0.29) is 12.5 Å². The van der Waals surface area contributed by atoms with Crippen LogP contribution < -0.4 is 5.32 Å². The van der Waals surface area contributed by atoms with Gasteiger partial charge in [-0.1, -0.05) is 0 Å². The molecule has 23 heavy (non-hydrogen) atoms. The summed E-state index contributed by atoms with van der Waals surface area (Å²) in [6.07, 6.45) is 1.94. The normalized spacial score (nSPS) is 10.8. The number of carbonyl (C=O) groups excluding carboxylic acids is 2. The molecule has 124 valence electrons. The summed E-state index contributed by atoms with van der Waals surface area (Å²) in [5.41, 5.74) is 2.40. The van der Waals surface area contributed by atoms with Gasteiger partial charge in [0.15, 0.2) is 0 Å². The van der Waals surface area contributed by atoms with Crippen LogP contribution in [-0.2, 0) is 23.1 Å². The Bertz CT molecular complexity index is 707. The number of thiophene rings is 1. The first-order chi connectivity index (χ1) is 10.9. The zero-order chi connectivity index (χ0) is 17.0. The summed E-state index contributed by atoms with van der Waals surface area (Å²) in [6, 6.07) is 1.63. The molecule has 0 saturated carbocycles. The molecule has 0 aliphatic carbocycles. The van der Waals surface area contributed by atoms with E-state index >= 15 is 0 Å². The quantitative estimate of drug-likeness (QED) is 0.812. The minimum Gasteiger partial charge on any atom is -0.465 e. The highest BCUT2D eigenvalue weighted by Crippen LogP contribution is 2.23. The highest BCUT2D eigenvalue weighted by molar-refractivity contribution is 7.14. The lowest BCUT2D eigenvalue weighted by atomic mass is 10.2. The van der Waals surface area contributed by atoms with Crippen LogP contribution in [0.2, 0.25) is 0 Å². The van der Waals surface area contributed by atoms with Crippen molar-refractivity contribution in [2.24, 2.45) is 7.05 Å². The molecule has 2 aromatic rings. The minimum absolute atomic E-state index is 0.179. The van der Waals surface area contributed by atoms with Gasteiger partial charge in [-0.25, -0.2) is 4.79 Å². The first kappa shape index (κ1) is 17.2. The number of amides is 1. The third-order valence-corrected chi connectivity index (χ3v) is 4.12. The summed E-state index contributed by atoms with van der Waals surface area (Å²) in [4.78, 5) is 25.6. The number of esters is 1. The molecule has 0 aliphatic rings. The Labute approximate surface area is 138 Å². The topological polar surface area (TPSA) is 76.5 Å². The Morgan fingerprint density at radius 3 is 2.83 bits per heavy atom. The van der Waals surface area contributed by atoms with Gasteiger partial charge in [-0.15, -0.1) is 11.3 Å². The van der Waals surface area contributed by atoms with Crippen LogP contribution in [0.25, 0.3) is 0 Å². The van der Waals surface area contributed by atoms with E-state index in [1.807, 2.05) is 32.1 Å². The Kier molecular flexibility index (Phi) is 5.51. The smallest absolute Gasteiger partial charge is 0.340 e. The fraction of sp³-hybridized carbons (Fsp3) is 0.400. The van der Waals surface area contributed by atoms with Gasteiger partial charge in [0.2, 0.25) is 5.91 Å². The molecule has 2 rings (SSSR count). The van der Waals surface area contributed by atoms with E-state index in [0.29, 0.717) is 17.1 Å². The van der Waals surface area contributed by atoms with Gasteiger partial charge in [-0.2, -0.15) is 5.10 Å². The maximum Gasteiger partial charge on any atom is 0.340 e. The molecule has 0 aliphatic heterocycles. The van der Waals surface area contributed by atoms with Crippen LogP contribution in [0.15, 0.2) is 17.6 Å². The number of rotatable bonds is 6. The molecule has 0 bridgehead atoms. The Balaban J connectivity index is 1.93. The standard InChI is InChI=1S/C15H20N4O3S/c1-10-11(8-19(3)17-10)7-18(2)9-13(20)16-14-12(5-6-23-14)15(21)22-4/h5-6,8H,7,9H2,1-4H3,(H,16,20). The molecule has 0 spiro atoms. The average Bonchev–Trinajstić information content (AvgIpc) is 3.04. The minimum atomic E-state index is -0.458. The van der Waals surface area contributed by atoms with Gasteiger partial charge in [-0.05, 0) is 25.4 Å². The lowest BCUT2D eigenvalue weighted by molar-refractivity contribution is -0.117. The highest BCUT2D eigenvalue weighted by Gasteiger charge is 2.16. The first-order valence-corrected chi connectivity index (χ1v) is 7.92. The maximum atomic E-state index is 12.1. The number of carbonyl (C=O) groups is 2. The van der Waals surface area contributed by atoms with Crippen molar-refractivity contribution in [3.63, 3.8) is 0 Å². The molecule has 2 heterocycles. The summed E-state index contributed by atoms with van der Waals surface area (Å²) in [5, 5.41) is 9.29. The SMILES string of the molecule is COC(=O)c1ccsc1NC(=O)CN(C)Cc1cn(C)nc1C. The van der Waals surface area contributed by atoms with Crippen molar-refractivity contribution in [3.8, 4) is 0 Å². The van der Waals surface area contributed by atoms with Gasteiger partial charge < -0.3 is 10.1 Å². The fourth-order valence-electron chi connectivity index (χ4n) is 2.24. The molecule has 1 N–H and O–H groups in total. The van der Waals surface area contributed by atoms with E-state index in [4.69, 9.17) is 0 Å². The molecule has 2 aromatic heterocycles.